The van der Waals surface area contributed by atoms with Crippen molar-refractivity contribution in [2.75, 3.05) is 6.54 Å². The van der Waals surface area contributed by atoms with E-state index in [2.05, 4.69) is 10.4 Å². The van der Waals surface area contributed by atoms with Crippen molar-refractivity contribution in [3.8, 4) is 5.75 Å². The molecule has 2 N–H and O–H groups in total. The molecule has 0 spiro atoms. The average molecular weight is 317 g/mol. The van der Waals surface area contributed by atoms with Crippen molar-refractivity contribution in [2.45, 2.75) is 39.5 Å². The van der Waals surface area contributed by atoms with E-state index < -0.39 is 6.10 Å². The van der Waals surface area contributed by atoms with Crippen molar-refractivity contribution in [1.82, 2.24) is 15.1 Å². The molecule has 6 heteroatoms. The topological polar surface area (TPSA) is 76.4 Å². The molecule has 0 radical (unpaired) electrons. The van der Waals surface area contributed by atoms with Crippen molar-refractivity contribution >= 4 is 5.91 Å². The predicted octanol–water partition coefficient (Wildman–Crippen LogP) is 1.83. The Balaban J connectivity index is 1.86. The van der Waals surface area contributed by atoms with E-state index in [1.165, 1.54) is 0 Å². The maximum atomic E-state index is 11.9. The zero-order valence-corrected chi connectivity index (χ0v) is 13.7. The number of nitrogens with one attached hydrogen (secondary N) is 1. The minimum absolute atomic E-state index is 0.0691. The lowest BCUT2D eigenvalue weighted by molar-refractivity contribution is -0.122. The number of carbonyl (C=O) groups excluding carboxylic acids is 1. The van der Waals surface area contributed by atoms with Gasteiger partial charge >= 0.3 is 0 Å². The third-order valence-corrected chi connectivity index (χ3v) is 3.18. The van der Waals surface area contributed by atoms with Crippen LogP contribution in [0.15, 0.2) is 36.7 Å². The van der Waals surface area contributed by atoms with E-state index in [1.807, 2.05) is 32.9 Å². The molecule has 1 aromatic heterocycles. The maximum absolute atomic E-state index is 11.9. The van der Waals surface area contributed by atoms with Crippen LogP contribution < -0.4 is 10.1 Å². The molecule has 0 unspecified atom stereocenters. The highest BCUT2D eigenvalue weighted by Gasteiger charge is 2.11. The number of benzene rings is 1. The molecule has 0 fully saturated rings. The fourth-order valence-corrected chi connectivity index (χ4v) is 2.15. The van der Waals surface area contributed by atoms with E-state index in [0.29, 0.717) is 11.3 Å². The van der Waals surface area contributed by atoms with Crippen molar-refractivity contribution in [1.29, 1.82) is 0 Å². The highest BCUT2D eigenvalue weighted by molar-refractivity contribution is 5.75. The first-order chi connectivity index (χ1) is 10.9. The third-order valence-electron chi connectivity index (χ3n) is 3.18. The number of aliphatic hydroxyl groups excluding tert-OH is 1. The molecule has 1 heterocycles. The molecule has 2 aromatic rings. The summed E-state index contributed by atoms with van der Waals surface area (Å²) in [6.07, 6.45) is 2.78. The van der Waals surface area contributed by atoms with Crippen molar-refractivity contribution in [3.63, 3.8) is 0 Å². The number of ether oxygens (including phenoxy) is 1. The first kappa shape index (κ1) is 17.0. The van der Waals surface area contributed by atoms with E-state index in [1.54, 1.807) is 29.2 Å². The van der Waals surface area contributed by atoms with Gasteiger partial charge in [0.2, 0.25) is 5.91 Å². The number of hydrogen-bond acceptors (Lipinski definition) is 4. The zero-order chi connectivity index (χ0) is 16.8. The van der Waals surface area contributed by atoms with E-state index >= 15 is 0 Å². The second kappa shape index (κ2) is 7.78. The number of rotatable bonds is 7. The minimum atomic E-state index is -0.783. The molecule has 0 aliphatic rings. The lowest BCUT2D eigenvalue weighted by Crippen LogP contribution is -2.31. The Hall–Kier alpha value is -2.34. The van der Waals surface area contributed by atoms with Crippen LogP contribution in [0, 0.1) is 6.92 Å². The lowest BCUT2D eigenvalue weighted by Gasteiger charge is -2.15. The molecule has 6 nitrogen and oxygen atoms in total. The summed E-state index contributed by atoms with van der Waals surface area (Å²) in [6, 6.07) is 7.26. The summed E-state index contributed by atoms with van der Waals surface area (Å²) in [4.78, 5) is 11.9. The number of aliphatic hydroxyl groups is 1. The molecular formula is C17H23N3O3. The summed E-state index contributed by atoms with van der Waals surface area (Å²) in [5.74, 6) is 0.511. The van der Waals surface area contributed by atoms with Crippen LogP contribution in [0.25, 0.3) is 0 Å². The standard InChI is InChI=1S/C17H23N3O3/c1-12(2)23-15-6-4-5-14(7-15)16(21)9-18-17(22)11-20-10-13(3)8-19-20/h4-8,10,12,16,21H,9,11H2,1-3H3,(H,18,22)/t16-/m1/s1. The Labute approximate surface area is 136 Å². The summed E-state index contributed by atoms with van der Waals surface area (Å²) in [7, 11) is 0. The van der Waals surface area contributed by atoms with Crippen LogP contribution in [0.3, 0.4) is 0 Å². The van der Waals surface area contributed by atoms with E-state index in [-0.39, 0.29) is 25.1 Å². The monoisotopic (exact) mass is 317 g/mol. The molecule has 0 saturated heterocycles. The molecule has 124 valence electrons. The van der Waals surface area contributed by atoms with Crippen molar-refractivity contribution in [3.05, 3.63) is 47.8 Å². The molecule has 0 bridgehead atoms. The second-order valence-electron chi connectivity index (χ2n) is 5.77. The van der Waals surface area contributed by atoms with Gasteiger partial charge in [-0.1, -0.05) is 12.1 Å². The van der Waals surface area contributed by atoms with Gasteiger partial charge in [-0.05, 0) is 44.0 Å². The normalized spacial score (nSPS) is 12.2. The maximum Gasteiger partial charge on any atom is 0.241 e. The van der Waals surface area contributed by atoms with Gasteiger partial charge in [0.1, 0.15) is 12.3 Å². The van der Waals surface area contributed by atoms with Crippen LogP contribution in [0.1, 0.15) is 31.1 Å². The van der Waals surface area contributed by atoms with Crippen molar-refractivity contribution in [2.24, 2.45) is 0 Å². The predicted molar refractivity (Wildman–Crippen MR) is 87.1 cm³/mol. The highest BCUT2D eigenvalue weighted by Crippen LogP contribution is 2.19. The largest absolute Gasteiger partial charge is 0.491 e. The molecule has 0 aliphatic carbocycles. The van der Waals surface area contributed by atoms with Crippen LogP contribution in [0.5, 0.6) is 5.75 Å². The van der Waals surface area contributed by atoms with Gasteiger partial charge in [-0.3, -0.25) is 9.48 Å². The Kier molecular flexibility index (Phi) is 5.76. The molecule has 0 aliphatic heterocycles. The number of carbonyl (C=O) groups is 1. The first-order valence-corrected chi connectivity index (χ1v) is 7.64. The first-order valence-electron chi connectivity index (χ1n) is 7.64. The number of aryl methyl sites for hydroxylation is 1. The van der Waals surface area contributed by atoms with E-state index in [9.17, 15) is 9.90 Å². The van der Waals surface area contributed by atoms with Gasteiger partial charge in [0.15, 0.2) is 0 Å². The Morgan fingerprint density at radius 1 is 1.43 bits per heavy atom. The van der Waals surface area contributed by atoms with E-state index in [0.717, 1.165) is 5.56 Å². The van der Waals surface area contributed by atoms with E-state index in [4.69, 9.17) is 4.74 Å². The van der Waals surface area contributed by atoms with Crippen LogP contribution in [0.2, 0.25) is 0 Å². The highest BCUT2D eigenvalue weighted by atomic mass is 16.5. The van der Waals surface area contributed by atoms with Gasteiger partial charge < -0.3 is 15.2 Å². The van der Waals surface area contributed by atoms with Gasteiger partial charge in [0.05, 0.1) is 18.4 Å². The van der Waals surface area contributed by atoms with Gasteiger partial charge in [-0.25, -0.2) is 0 Å². The number of nitrogens with zero attached hydrogens (tertiary/aromatic N) is 2. The van der Waals surface area contributed by atoms with Crippen molar-refractivity contribution < 1.29 is 14.6 Å². The number of aromatic nitrogens is 2. The Morgan fingerprint density at radius 2 is 2.22 bits per heavy atom. The summed E-state index contributed by atoms with van der Waals surface area (Å²) < 4.78 is 7.17. The lowest BCUT2D eigenvalue weighted by atomic mass is 10.1. The second-order valence-corrected chi connectivity index (χ2v) is 5.77. The van der Waals surface area contributed by atoms with Crippen LogP contribution in [-0.4, -0.2) is 33.4 Å². The SMILES string of the molecule is Cc1cnn(CC(=O)NC[C@@H](O)c2cccc(OC(C)C)c2)c1. The molecule has 2 rings (SSSR count). The van der Waals surface area contributed by atoms with Crippen LogP contribution in [0.4, 0.5) is 0 Å². The van der Waals surface area contributed by atoms with Crippen LogP contribution >= 0.6 is 0 Å². The fraction of sp³-hybridized carbons (Fsp3) is 0.412. The average Bonchev–Trinajstić information content (AvgIpc) is 2.89. The quantitative estimate of drug-likeness (QED) is 0.817. The molecule has 0 saturated carbocycles. The Bertz CT molecular complexity index is 652. The molecule has 1 amide bonds. The van der Waals surface area contributed by atoms with Gasteiger partial charge in [0, 0.05) is 12.7 Å². The minimum Gasteiger partial charge on any atom is -0.491 e. The summed E-state index contributed by atoms with van der Waals surface area (Å²) in [5, 5.41) is 17.0. The van der Waals surface area contributed by atoms with Gasteiger partial charge in [-0.2, -0.15) is 5.10 Å². The summed E-state index contributed by atoms with van der Waals surface area (Å²) in [5.41, 5.74) is 1.71. The fourth-order valence-electron chi connectivity index (χ4n) is 2.15. The molecule has 23 heavy (non-hydrogen) atoms. The zero-order valence-electron chi connectivity index (χ0n) is 13.7. The summed E-state index contributed by atoms with van der Waals surface area (Å²) in [6.45, 7) is 6.08. The van der Waals surface area contributed by atoms with Gasteiger partial charge in [0.25, 0.3) is 0 Å². The third kappa shape index (κ3) is 5.41. The Morgan fingerprint density at radius 3 is 2.87 bits per heavy atom. The summed E-state index contributed by atoms with van der Waals surface area (Å²) >= 11 is 0. The van der Waals surface area contributed by atoms with Crippen LogP contribution in [-0.2, 0) is 11.3 Å². The van der Waals surface area contributed by atoms with Gasteiger partial charge in [-0.15, -0.1) is 0 Å². The number of hydrogen-bond donors (Lipinski definition) is 2. The molecular weight excluding hydrogens is 294 g/mol. The number of amides is 1. The molecule has 1 aromatic carbocycles. The molecule has 1 atom stereocenters. The smallest absolute Gasteiger partial charge is 0.241 e.